The van der Waals surface area contributed by atoms with Crippen LogP contribution in [0.3, 0.4) is 0 Å². The number of nitrogens with one attached hydrogen (secondary N) is 3. The van der Waals surface area contributed by atoms with Crippen molar-refractivity contribution in [3.05, 3.63) is 63.4 Å². The molecule has 0 aliphatic carbocycles. The molecular weight excluding hydrogens is 568 g/mol. The van der Waals surface area contributed by atoms with E-state index in [1.165, 1.54) is 12.1 Å². The van der Waals surface area contributed by atoms with Gasteiger partial charge in [-0.15, -0.1) is 0 Å². The summed E-state index contributed by atoms with van der Waals surface area (Å²) in [6.45, 7) is 12.7. The van der Waals surface area contributed by atoms with E-state index in [1.807, 2.05) is 26.8 Å². The molecule has 2 aromatic rings. The second-order valence-electron chi connectivity index (χ2n) is 13.4. The van der Waals surface area contributed by atoms with E-state index in [-0.39, 0.29) is 22.3 Å². The molecule has 41 heavy (non-hydrogen) atoms. The van der Waals surface area contributed by atoms with Crippen LogP contribution in [0.2, 0.25) is 10.0 Å². The fraction of sp³-hybridized carbons (Fsp3) is 0.548. The molecule has 10 heteroatoms. The Morgan fingerprint density at radius 1 is 1.17 bits per heavy atom. The number of ether oxygens (including phenoxy) is 2. The first-order valence-electron chi connectivity index (χ1n) is 14.0. The molecule has 3 heterocycles. The zero-order chi connectivity index (χ0) is 30.0. The van der Waals surface area contributed by atoms with Crippen molar-refractivity contribution in [1.82, 2.24) is 10.6 Å². The first kappa shape index (κ1) is 30.2. The summed E-state index contributed by atoms with van der Waals surface area (Å²) >= 11 is 12.6. The molecule has 5 atom stereocenters. The van der Waals surface area contributed by atoms with Gasteiger partial charge in [0.25, 0.3) is 0 Å². The van der Waals surface area contributed by atoms with Crippen LogP contribution in [-0.2, 0) is 24.5 Å². The zero-order valence-corrected chi connectivity index (χ0v) is 25.8. The van der Waals surface area contributed by atoms with Crippen LogP contribution in [0.5, 0.6) is 0 Å². The Morgan fingerprint density at radius 2 is 1.90 bits per heavy atom. The quantitative estimate of drug-likeness (QED) is 0.380. The van der Waals surface area contributed by atoms with Crippen molar-refractivity contribution in [2.45, 2.75) is 89.2 Å². The van der Waals surface area contributed by atoms with Crippen LogP contribution < -0.4 is 16.0 Å². The van der Waals surface area contributed by atoms with Crippen molar-refractivity contribution < 1.29 is 23.5 Å². The molecule has 1 unspecified atom stereocenters. The lowest BCUT2D eigenvalue weighted by molar-refractivity contribution is -0.158. The Labute approximate surface area is 250 Å². The normalized spacial score (nSPS) is 30.5. The van der Waals surface area contributed by atoms with Crippen molar-refractivity contribution >= 4 is 40.7 Å². The number of fused-ring (bicyclic) bond motifs is 2. The summed E-state index contributed by atoms with van der Waals surface area (Å²) in [4.78, 5) is 28.2. The van der Waals surface area contributed by atoms with Gasteiger partial charge in [0.05, 0.1) is 23.3 Å². The van der Waals surface area contributed by atoms with Gasteiger partial charge in [-0.3, -0.25) is 9.59 Å². The molecule has 0 bridgehead atoms. The number of anilines is 1. The Bertz CT molecular complexity index is 1380. The van der Waals surface area contributed by atoms with Gasteiger partial charge in [0.2, 0.25) is 11.8 Å². The molecule has 0 aromatic heterocycles. The number of rotatable bonds is 6. The molecule has 3 aliphatic rings. The maximum atomic E-state index is 15.0. The molecule has 2 fully saturated rings. The maximum absolute atomic E-state index is 15.0. The summed E-state index contributed by atoms with van der Waals surface area (Å²) in [5.41, 5.74) is -0.407. The summed E-state index contributed by atoms with van der Waals surface area (Å²) in [6, 6.07) is 8.68. The summed E-state index contributed by atoms with van der Waals surface area (Å²) in [7, 11) is 0. The zero-order valence-electron chi connectivity index (χ0n) is 24.3. The van der Waals surface area contributed by atoms with Gasteiger partial charge in [-0.05, 0) is 74.4 Å². The number of carbonyl (C=O) groups excluding carboxylic acids is 2. The van der Waals surface area contributed by atoms with Crippen LogP contribution in [0.1, 0.15) is 71.4 Å². The van der Waals surface area contributed by atoms with E-state index in [2.05, 4.69) is 36.7 Å². The van der Waals surface area contributed by atoms with E-state index in [0.29, 0.717) is 47.8 Å². The number of halogens is 3. The highest BCUT2D eigenvalue weighted by molar-refractivity contribution is 6.31. The Morgan fingerprint density at radius 3 is 2.54 bits per heavy atom. The third-order valence-corrected chi connectivity index (χ3v) is 8.89. The standard InChI is InChI=1S/C31H38Cl2FN3O4/c1-28(2,3)15-23-31(19-13-21(34)20(33)14-22(19)36-27(31)39)24(17-8-7-9-18(32)12-17)25(37-23)26(38)35-11-10-30(6)16-40-29(4,5)41-30/h7-9,12-14,23-25,37H,10-11,15-16H2,1-6H3,(H,35,38)(H,36,39)/t23-,24?,25-,30+,31+/m1/s1. The van der Waals surface area contributed by atoms with Crippen molar-refractivity contribution in [1.29, 1.82) is 0 Å². The number of hydrogen-bond donors (Lipinski definition) is 3. The molecular formula is C31H38Cl2FN3O4. The highest BCUT2D eigenvalue weighted by Gasteiger charge is 2.66. The van der Waals surface area contributed by atoms with Crippen molar-refractivity contribution in [3.63, 3.8) is 0 Å². The summed E-state index contributed by atoms with van der Waals surface area (Å²) < 4.78 is 26.9. The van der Waals surface area contributed by atoms with E-state index < -0.39 is 40.6 Å². The average molecular weight is 607 g/mol. The lowest BCUT2D eigenvalue weighted by atomic mass is 9.62. The molecule has 5 rings (SSSR count). The molecule has 1 spiro atoms. The van der Waals surface area contributed by atoms with Gasteiger partial charge in [0.1, 0.15) is 11.2 Å². The van der Waals surface area contributed by atoms with Gasteiger partial charge in [0, 0.05) is 29.2 Å². The van der Waals surface area contributed by atoms with Crippen molar-refractivity contribution in [2.24, 2.45) is 5.41 Å². The second kappa shape index (κ2) is 10.5. The van der Waals surface area contributed by atoms with Crippen LogP contribution in [0.15, 0.2) is 36.4 Å². The highest BCUT2D eigenvalue weighted by Crippen LogP contribution is 2.57. The molecule has 7 nitrogen and oxygen atoms in total. The fourth-order valence-electron chi connectivity index (χ4n) is 6.80. The fourth-order valence-corrected chi connectivity index (χ4v) is 7.16. The van der Waals surface area contributed by atoms with E-state index in [4.69, 9.17) is 32.7 Å². The molecule has 2 aromatic carbocycles. The highest BCUT2D eigenvalue weighted by atomic mass is 35.5. The van der Waals surface area contributed by atoms with Gasteiger partial charge in [-0.2, -0.15) is 0 Å². The van der Waals surface area contributed by atoms with Crippen LogP contribution in [0.4, 0.5) is 10.1 Å². The SMILES string of the molecule is CC(C)(C)C[C@H]1N[C@@H](C(=O)NCC[C@@]2(C)COC(C)(C)O2)C(c2cccc(Cl)c2)[C@@]12C(=O)Nc1cc(Cl)c(F)cc12. The Hall–Kier alpha value is -2.23. The number of carbonyl (C=O) groups is 2. The van der Waals surface area contributed by atoms with E-state index in [0.717, 1.165) is 0 Å². The second-order valence-corrected chi connectivity index (χ2v) is 14.3. The van der Waals surface area contributed by atoms with Gasteiger partial charge in [0.15, 0.2) is 5.79 Å². The maximum Gasteiger partial charge on any atom is 0.237 e. The average Bonchev–Trinajstić information content (AvgIpc) is 3.43. The van der Waals surface area contributed by atoms with Crippen LogP contribution in [0, 0.1) is 11.2 Å². The van der Waals surface area contributed by atoms with E-state index in [1.54, 1.807) is 18.2 Å². The van der Waals surface area contributed by atoms with Crippen LogP contribution >= 0.6 is 23.2 Å². The summed E-state index contributed by atoms with van der Waals surface area (Å²) in [5, 5.41) is 9.95. The molecule has 2 amide bonds. The van der Waals surface area contributed by atoms with Crippen LogP contribution in [-0.4, -0.2) is 48.4 Å². The molecule has 3 aliphatic heterocycles. The van der Waals surface area contributed by atoms with Crippen molar-refractivity contribution in [2.75, 3.05) is 18.5 Å². The van der Waals surface area contributed by atoms with E-state index in [9.17, 15) is 9.59 Å². The molecule has 2 saturated heterocycles. The Balaban J connectivity index is 1.56. The lowest BCUT2D eigenvalue weighted by Gasteiger charge is -2.37. The molecule has 222 valence electrons. The summed E-state index contributed by atoms with van der Waals surface area (Å²) in [6.07, 6.45) is 1.09. The smallest absolute Gasteiger partial charge is 0.237 e. The predicted molar refractivity (Wildman–Crippen MR) is 158 cm³/mol. The van der Waals surface area contributed by atoms with Gasteiger partial charge in [-0.1, -0.05) is 56.1 Å². The van der Waals surface area contributed by atoms with E-state index >= 15 is 4.39 Å². The Kier molecular flexibility index (Phi) is 7.74. The monoisotopic (exact) mass is 605 g/mol. The van der Waals surface area contributed by atoms with Crippen molar-refractivity contribution in [3.8, 4) is 0 Å². The summed E-state index contributed by atoms with van der Waals surface area (Å²) in [5.74, 6) is -2.55. The van der Waals surface area contributed by atoms with Gasteiger partial charge in [-0.25, -0.2) is 4.39 Å². The molecule has 0 radical (unpaired) electrons. The third-order valence-electron chi connectivity index (χ3n) is 8.36. The number of benzene rings is 2. The van der Waals surface area contributed by atoms with Crippen LogP contribution in [0.25, 0.3) is 0 Å². The largest absolute Gasteiger partial charge is 0.355 e. The molecule has 0 saturated carbocycles. The first-order valence-corrected chi connectivity index (χ1v) is 14.7. The molecule has 3 N–H and O–H groups in total. The topological polar surface area (TPSA) is 88.7 Å². The first-order chi connectivity index (χ1) is 19.0. The van der Waals surface area contributed by atoms with Gasteiger partial charge >= 0.3 is 0 Å². The predicted octanol–water partition coefficient (Wildman–Crippen LogP) is 5.93. The minimum atomic E-state index is -1.29. The number of hydrogen-bond acceptors (Lipinski definition) is 5. The minimum absolute atomic E-state index is 0.0807. The lowest BCUT2D eigenvalue weighted by Crippen LogP contribution is -2.49. The third kappa shape index (κ3) is 5.62. The minimum Gasteiger partial charge on any atom is -0.355 e. The number of amides is 2. The van der Waals surface area contributed by atoms with Gasteiger partial charge < -0.3 is 25.4 Å².